The number of hydrogen-bond acceptors (Lipinski definition) is 4. The minimum atomic E-state index is 0.331. The minimum Gasteiger partial charge on any atom is -0.384 e. The molecule has 2 atom stereocenters. The van der Waals surface area contributed by atoms with Gasteiger partial charge in [-0.2, -0.15) is 0 Å². The van der Waals surface area contributed by atoms with Crippen molar-refractivity contribution in [2.24, 2.45) is 0 Å². The first-order valence-electron chi connectivity index (χ1n) is 5.35. The van der Waals surface area contributed by atoms with Gasteiger partial charge in [-0.05, 0) is 31.9 Å². The van der Waals surface area contributed by atoms with Gasteiger partial charge in [0.15, 0.2) is 0 Å². The molecular weight excluding hydrogens is 190 g/mol. The van der Waals surface area contributed by atoms with Crippen LogP contribution in [0.5, 0.6) is 0 Å². The second-order valence-electron chi connectivity index (χ2n) is 3.99. The smallest absolute Gasteiger partial charge is 0.128 e. The number of hydrogen-bond donors (Lipinski definition) is 2. The van der Waals surface area contributed by atoms with Gasteiger partial charge in [0.05, 0.1) is 6.10 Å². The van der Waals surface area contributed by atoms with E-state index in [4.69, 9.17) is 10.5 Å². The van der Waals surface area contributed by atoms with Crippen molar-refractivity contribution in [3.8, 4) is 0 Å². The van der Waals surface area contributed by atoms with Crippen LogP contribution in [0.3, 0.4) is 0 Å². The van der Waals surface area contributed by atoms with Crippen LogP contribution in [0.1, 0.15) is 19.8 Å². The van der Waals surface area contributed by atoms with Gasteiger partial charge in [0, 0.05) is 12.6 Å². The molecule has 1 aromatic heterocycles. The molecule has 1 aliphatic rings. The van der Waals surface area contributed by atoms with Gasteiger partial charge in [-0.15, -0.1) is 0 Å². The van der Waals surface area contributed by atoms with Gasteiger partial charge in [0.25, 0.3) is 0 Å². The second-order valence-corrected chi connectivity index (χ2v) is 3.99. The predicted molar refractivity (Wildman–Crippen MR) is 60.7 cm³/mol. The van der Waals surface area contributed by atoms with E-state index in [2.05, 4.69) is 17.2 Å². The Kier molecular flexibility index (Phi) is 3.06. The van der Waals surface area contributed by atoms with Gasteiger partial charge < -0.3 is 15.8 Å². The molecule has 15 heavy (non-hydrogen) atoms. The van der Waals surface area contributed by atoms with Crippen molar-refractivity contribution in [1.29, 1.82) is 0 Å². The third-order valence-electron chi connectivity index (χ3n) is 2.61. The summed E-state index contributed by atoms with van der Waals surface area (Å²) >= 11 is 0. The van der Waals surface area contributed by atoms with Crippen molar-refractivity contribution >= 4 is 11.6 Å². The van der Waals surface area contributed by atoms with E-state index in [1.807, 2.05) is 12.1 Å². The number of ether oxygens (including phenoxy) is 1. The summed E-state index contributed by atoms with van der Waals surface area (Å²) < 4.78 is 5.48. The molecule has 1 aliphatic heterocycles. The number of aromatic nitrogens is 1. The lowest BCUT2D eigenvalue weighted by molar-refractivity contribution is 0.0232. The van der Waals surface area contributed by atoms with Crippen LogP contribution in [-0.2, 0) is 4.74 Å². The topological polar surface area (TPSA) is 60.2 Å². The van der Waals surface area contributed by atoms with E-state index in [1.165, 1.54) is 0 Å². The molecule has 0 bridgehead atoms. The van der Waals surface area contributed by atoms with Gasteiger partial charge in [-0.3, -0.25) is 0 Å². The highest BCUT2D eigenvalue weighted by atomic mass is 16.5. The number of nitrogen functional groups attached to an aromatic ring is 1. The second kappa shape index (κ2) is 4.49. The van der Waals surface area contributed by atoms with Crippen LogP contribution in [0.25, 0.3) is 0 Å². The van der Waals surface area contributed by atoms with Crippen LogP contribution in [0.15, 0.2) is 18.2 Å². The third-order valence-corrected chi connectivity index (χ3v) is 2.61. The van der Waals surface area contributed by atoms with Crippen LogP contribution < -0.4 is 11.1 Å². The highest BCUT2D eigenvalue weighted by Crippen LogP contribution is 2.17. The number of nitrogens with two attached hydrogens (primary N) is 1. The highest BCUT2D eigenvalue weighted by molar-refractivity contribution is 5.42. The van der Waals surface area contributed by atoms with E-state index >= 15 is 0 Å². The van der Waals surface area contributed by atoms with Gasteiger partial charge in [0.1, 0.15) is 11.6 Å². The lowest BCUT2D eigenvalue weighted by Crippen LogP contribution is -2.32. The summed E-state index contributed by atoms with van der Waals surface area (Å²) in [7, 11) is 0. The van der Waals surface area contributed by atoms with Crippen LogP contribution in [0.2, 0.25) is 0 Å². The molecule has 0 radical (unpaired) electrons. The molecule has 0 aromatic carbocycles. The van der Waals surface area contributed by atoms with E-state index in [0.29, 0.717) is 18.0 Å². The van der Waals surface area contributed by atoms with Crippen molar-refractivity contribution in [1.82, 2.24) is 4.98 Å². The Balaban J connectivity index is 1.96. The zero-order valence-electron chi connectivity index (χ0n) is 8.94. The summed E-state index contributed by atoms with van der Waals surface area (Å²) in [4.78, 5) is 4.22. The number of rotatable bonds is 2. The molecule has 0 aliphatic carbocycles. The van der Waals surface area contributed by atoms with Crippen LogP contribution in [0.4, 0.5) is 11.6 Å². The number of nitrogens with one attached hydrogen (secondary N) is 1. The monoisotopic (exact) mass is 207 g/mol. The maximum Gasteiger partial charge on any atom is 0.128 e. The molecule has 0 spiro atoms. The molecule has 4 heteroatoms. The average Bonchev–Trinajstić information content (AvgIpc) is 2.17. The van der Waals surface area contributed by atoms with Crippen molar-refractivity contribution in [2.75, 3.05) is 17.7 Å². The third kappa shape index (κ3) is 2.83. The number of nitrogens with zero attached hydrogens (tertiary/aromatic N) is 1. The summed E-state index contributed by atoms with van der Waals surface area (Å²) in [5, 5.41) is 3.38. The maximum atomic E-state index is 5.62. The fraction of sp³-hybridized carbons (Fsp3) is 0.545. The van der Waals surface area contributed by atoms with Gasteiger partial charge >= 0.3 is 0 Å². The quantitative estimate of drug-likeness (QED) is 0.774. The highest BCUT2D eigenvalue weighted by Gasteiger charge is 2.19. The fourth-order valence-electron chi connectivity index (χ4n) is 1.87. The fourth-order valence-corrected chi connectivity index (χ4v) is 1.87. The zero-order chi connectivity index (χ0) is 10.7. The Morgan fingerprint density at radius 3 is 3.13 bits per heavy atom. The molecule has 1 saturated heterocycles. The molecule has 0 amide bonds. The lowest BCUT2D eigenvalue weighted by atomic mass is 10.0. The van der Waals surface area contributed by atoms with E-state index in [0.717, 1.165) is 25.3 Å². The summed E-state index contributed by atoms with van der Waals surface area (Å²) in [5.41, 5.74) is 5.62. The first-order chi connectivity index (χ1) is 7.24. The maximum absolute atomic E-state index is 5.62. The summed E-state index contributed by atoms with van der Waals surface area (Å²) in [6.45, 7) is 2.92. The zero-order valence-corrected chi connectivity index (χ0v) is 8.94. The molecular formula is C11H17N3O. The van der Waals surface area contributed by atoms with Gasteiger partial charge in [0.2, 0.25) is 0 Å². The SMILES string of the molecule is CC1CC(Nc2cccc(N)n2)CCO1. The van der Waals surface area contributed by atoms with E-state index in [-0.39, 0.29) is 0 Å². The molecule has 4 nitrogen and oxygen atoms in total. The van der Waals surface area contributed by atoms with Crippen molar-refractivity contribution in [3.63, 3.8) is 0 Å². The molecule has 2 heterocycles. The van der Waals surface area contributed by atoms with Crippen LogP contribution in [0, 0.1) is 0 Å². The Bertz CT molecular complexity index is 329. The van der Waals surface area contributed by atoms with Gasteiger partial charge in [-0.25, -0.2) is 4.98 Å². The molecule has 1 aromatic rings. The van der Waals surface area contributed by atoms with Crippen molar-refractivity contribution in [2.45, 2.75) is 31.9 Å². The molecule has 2 unspecified atom stereocenters. The first kappa shape index (κ1) is 10.2. The molecule has 0 saturated carbocycles. The van der Waals surface area contributed by atoms with Crippen molar-refractivity contribution in [3.05, 3.63) is 18.2 Å². The molecule has 82 valence electrons. The largest absolute Gasteiger partial charge is 0.384 e. The average molecular weight is 207 g/mol. The Labute approximate surface area is 89.8 Å². The minimum absolute atomic E-state index is 0.331. The van der Waals surface area contributed by atoms with Crippen molar-refractivity contribution < 1.29 is 4.74 Å². The van der Waals surface area contributed by atoms with Crippen LogP contribution >= 0.6 is 0 Å². The number of pyridine rings is 1. The molecule has 3 N–H and O–H groups in total. The van der Waals surface area contributed by atoms with Crippen LogP contribution in [-0.4, -0.2) is 23.7 Å². The Hall–Kier alpha value is -1.29. The standard InChI is InChI=1S/C11H17N3O/c1-8-7-9(5-6-15-8)13-11-4-2-3-10(12)14-11/h2-4,8-9H,5-7H2,1H3,(H3,12,13,14). The first-order valence-corrected chi connectivity index (χ1v) is 5.35. The molecule has 2 rings (SSSR count). The summed E-state index contributed by atoms with van der Waals surface area (Å²) in [6.07, 6.45) is 2.38. The molecule has 1 fully saturated rings. The Morgan fingerprint density at radius 1 is 1.53 bits per heavy atom. The summed E-state index contributed by atoms with van der Waals surface area (Å²) in [5.74, 6) is 1.41. The van der Waals surface area contributed by atoms with E-state index in [9.17, 15) is 0 Å². The van der Waals surface area contributed by atoms with Gasteiger partial charge in [-0.1, -0.05) is 6.07 Å². The van der Waals surface area contributed by atoms with E-state index in [1.54, 1.807) is 6.07 Å². The van der Waals surface area contributed by atoms with E-state index < -0.39 is 0 Å². The number of anilines is 2. The Morgan fingerprint density at radius 2 is 2.40 bits per heavy atom. The normalized spacial score (nSPS) is 26.2. The lowest BCUT2D eigenvalue weighted by Gasteiger charge is -2.28. The predicted octanol–water partition coefficient (Wildman–Crippen LogP) is 1.64. The summed E-state index contributed by atoms with van der Waals surface area (Å²) in [6, 6.07) is 6.09.